The van der Waals surface area contributed by atoms with E-state index < -0.39 is 18.3 Å². The summed E-state index contributed by atoms with van der Waals surface area (Å²) < 4.78 is 5.64. The number of thioether (sulfide) groups is 1. The molecule has 4 nitrogen and oxygen atoms in total. The van der Waals surface area contributed by atoms with Crippen molar-refractivity contribution in [1.29, 1.82) is 0 Å². The molecule has 1 aromatic carbocycles. The third kappa shape index (κ3) is 2.87. The Labute approximate surface area is 111 Å². The predicted molar refractivity (Wildman–Crippen MR) is 69.2 cm³/mol. The van der Waals surface area contributed by atoms with Crippen molar-refractivity contribution >= 4 is 11.8 Å². The van der Waals surface area contributed by atoms with Crippen LogP contribution in [0.2, 0.25) is 0 Å². The van der Waals surface area contributed by atoms with E-state index in [1.54, 1.807) is 0 Å². The van der Waals surface area contributed by atoms with Crippen molar-refractivity contribution in [3.8, 4) is 0 Å². The number of ether oxygens (including phenoxy) is 1. The van der Waals surface area contributed by atoms with E-state index in [0.717, 1.165) is 4.90 Å². The summed E-state index contributed by atoms with van der Waals surface area (Å²) in [5, 5.41) is 28.8. The van der Waals surface area contributed by atoms with E-state index in [0.29, 0.717) is 0 Å². The second-order valence-electron chi connectivity index (χ2n) is 4.50. The van der Waals surface area contributed by atoms with Crippen molar-refractivity contribution in [2.45, 2.75) is 35.6 Å². The summed E-state index contributed by atoms with van der Waals surface area (Å²) in [6, 6.07) is 9.73. The van der Waals surface area contributed by atoms with E-state index in [4.69, 9.17) is 9.84 Å². The van der Waals surface area contributed by atoms with E-state index in [2.05, 4.69) is 0 Å². The van der Waals surface area contributed by atoms with Gasteiger partial charge in [0.25, 0.3) is 0 Å². The quantitative estimate of drug-likeness (QED) is 0.760. The van der Waals surface area contributed by atoms with Gasteiger partial charge in [-0.2, -0.15) is 0 Å². The van der Waals surface area contributed by atoms with Gasteiger partial charge in [-0.25, -0.2) is 0 Å². The summed E-state index contributed by atoms with van der Waals surface area (Å²) in [6.07, 6.45) is -2.63. The lowest BCUT2D eigenvalue weighted by molar-refractivity contribution is -0.181. The molecule has 0 bridgehead atoms. The van der Waals surface area contributed by atoms with Gasteiger partial charge in [0.2, 0.25) is 0 Å². The molecule has 18 heavy (non-hydrogen) atoms. The molecule has 1 aliphatic rings. The molecule has 2 rings (SSSR count). The van der Waals surface area contributed by atoms with E-state index in [-0.39, 0.29) is 18.0 Å². The molecule has 5 heteroatoms. The highest BCUT2D eigenvalue weighted by atomic mass is 32.2. The zero-order valence-corrected chi connectivity index (χ0v) is 11.0. The van der Waals surface area contributed by atoms with Crippen molar-refractivity contribution in [2.24, 2.45) is 5.92 Å². The summed E-state index contributed by atoms with van der Waals surface area (Å²) in [7, 11) is 0. The van der Waals surface area contributed by atoms with Crippen molar-refractivity contribution in [1.82, 2.24) is 0 Å². The Bertz CT molecular complexity index is 371. The number of benzene rings is 1. The maximum atomic E-state index is 9.94. The second kappa shape index (κ2) is 6.04. The number of hydrogen-bond donors (Lipinski definition) is 3. The van der Waals surface area contributed by atoms with Gasteiger partial charge in [-0.3, -0.25) is 0 Å². The van der Waals surface area contributed by atoms with Gasteiger partial charge in [0, 0.05) is 10.8 Å². The first-order valence-electron chi connectivity index (χ1n) is 5.97. The molecule has 0 aliphatic carbocycles. The van der Waals surface area contributed by atoms with Gasteiger partial charge in [0.15, 0.2) is 0 Å². The first kappa shape index (κ1) is 13.8. The van der Waals surface area contributed by atoms with Crippen LogP contribution in [0, 0.1) is 5.92 Å². The largest absolute Gasteiger partial charge is 0.394 e. The Morgan fingerprint density at radius 1 is 1.17 bits per heavy atom. The summed E-state index contributed by atoms with van der Waals surface area (Å²) in [6.45, 7) is 1.54. The highest BCUT2D eigenvalue weighted by Gasteiger charge is 2.42. The van der Waals surface area contributed by atoms with Crippen LogP contribution in [0.3, 0.4) is 0 Å². The number of aliphatic hydroxyl groups excluding tert-OH is 3. The number of aliphatic hydroxyl groups is 3. The maximum absolute atomic E-state index is 9.94. The third-order valence-electron chi connectivity index (χ3n) is 3.18. The molecule has 0 spiro atoms. The molecular weight excluding hydrogens is 252 g/mol. The van der Waals surface area contributed by atoms with Crippen LogP contribution in [-0.2, 0) is 4.74 Å². The van der Waals surface area contributed by atoms with Gasteiger partial charge in [-0.05, 0) is 12.1 Å². The SMILES string of the molecule is C[C@H]1C(O)[C@H](O)C(CO)O[C@H]1Sc1ccccc1. The van der Waals surface area contributed by atoms with Crippen molar-refractivity contribution < 1.29 is 20.1 Å². The molecule has 0 saturated carbocycles. The second-order valence-corrected chi connectivity index (χ2v) is 5.67. The topological polar surface area (TPSA) is 69.9 Å². The number of hydrogen-bond acceptors (Lipinski definition) is 5. The summed E-state index contributed by atoms with van der Waals surface area (Å²) in [5.74, 6) is -0.201. The van der Waals surface area contributed by atoms with Gasteiger partial charge in [-0.15, -0.1) is 0 Å². The number of rotatable bonds is 3. The monoisotopic (exact) mass is 270 g/mol. The molecule has 1 saturated heterocycles. The van der Waals surface area contributed by atoms with Gasteiger partial charge >= 0.3 is 0 Å². The summed E-state index contributed by atoms with van der Waals surface area (Å²) in [5.41, 5.74) is -0.275. The van der Waals surface area contributed by atoms with Crippen LogP contribution >= 0.6 is 11.8 Å². The first-order valence-corrected chi connectivity index (χ1v) is 6.85. The lowest BCUT2D eigenvalue weighted by atomic mass is 9.94. The molecule has 5 atom stereocenters. The molecule has 1 aromatic rings. The molecule has 0 radical (unpaired) electrons. The Morgan fingerprint density at radius 3 is 2.44 bits per heavy atom. The molecule has 0 aromatic heterocycles. The molecule has 3 N–H and O–H groups in total. The van der Waals surface area contributed by atoms with Crippen molar-refractivity contribution in [2.75, 3.05) is 6.61 Å². The average molecular weight is 270 g/mol. The first-order chi connectivity index (χ1) is 8.63. The van der Waals surface area contributed by atoms with Crippen LogP contribution in [-0.4, -0.2) is 45.7 Å². The molecule has 1 aliphatic heterocycles. The predicted octanol–water partition coefficient (Wildman–Crippen LogP) is 0.854. The van der Waals surface area contributed by atoms with E-state index in [1.807, 2.05) is 37.3 Å². The zero-order valence-electron chi connectivity index (χ0n) is 10.1. The molecule has 0 amide bonds. The van der Waals surface area contributed by atoms with Crippen molar-refractivity contribution in [3.63, 3.8) is 0 Å². The fourth-order valence-corrected chi connectivity index (χ4v) is 3.14. The van der Waals surface area contributed by atoms with Crippen LogP contribution < -0.4 is 0 Å². The van der Waals surface area contributed by atoms with E-state index in [9.17, 15) is 10.2 Å². The van der Waals surface area contributed by atoms with Gasteiger partial charge in [-0.1, -0.05) is 36.9 Å². The van der Waals surface area contributed by atoms with Crippen LogP contribution in [0.1, 0.15) is 6.92 Å². The smallest absolute Gasteiger partial charge is 0.113 e. The molecule has 1 heterocycles. The average Bonchev–Trinajstić information content (AvgIpc) is 2.40. The standard InChI is InChI=1S/C13H18O4S/c1-8-11(15)12(16)10(7-14)17-13(8)18-9-5-3-2-4-6-9/h2-6,8,10-16H,7H2,1H3/t8-,10?,11?,12+,13-/m0/s1. The normalized spacial score (nSPS) is 36.6. The summed E-state index contributed by atoms with van der Waals surface area (Å²) in [4.78, 5) is 1.04. The van der Waals surface area contributed by atoms with Gasteiger partial charge in [0.1, 0.15) is 17.6 Å². The van der Waals surface area contributed by atoms with Crippen LogP contribution in [0.5, 0.6) is 0 Å². The highest BCUT2D eigenvalue weighted by Crippen LogP contribution is 2.36. The van der Waals surface area contributed by atoms with E-state index >= 15 is 0 Å². The van der Waals surface area contributed by atoms with Gasteiger partial charge < -0.3 is 20.1 Å². The highest BCUT2D eigenvalue weighted by molar-refractivity contribution is 7.99. The Balaban J connectivity index is 2.08. The zero-order chi connectivity index (χ0) is 13.1. The van der Waals surface area contributed by atoms with Gasteiger partial charge in [0.05, 0.1) is 12.7 Å². The minimum atomic E-state index is -1.03. The lowest BCUT2D eigenvalue weighted by Crippen LogP contribution is -2.53. The molecule has 1 fully saturated rings. The van der Waals surface area contributed by atoms with Crippen molar-refractivity contribution in [3.05, 3.63) is 30.3 Å². The Morgan fingerprint density at radius 2 is 1.83 bits per heavy atom. The lowest BCUT2D eigenvalue weighted by Gasteiger charge is -2.40. The van der Waals surface area contributed by atoms with E-state index in [1.165, 1.54) is 11.8 Å². The Hall–Kier alpha value is -0.590. The molecule has 100 valence electrons. The summed E-state index contributed by atoms with van der Waals surface area (Å²) >= 11 is 1.49. The Kier molecular flexibility index (Phi) is 4.64. The maximum Gasteiger partial charge on any atom is 0.113 e. The van der Waals surface area contributed by atoms with Crippen LogP contribution in [0.4, 0.5) is 0 Å². The fourth-order valence-electron chi connectivity index (χ4n) is 1.99. The minimum Gasteiger partial charge on any atom is -0.394 e. The third-order valence-corrected chi connectivity index (χ3v) is 4.50. The molecular formula is C13H18O4S. The fraction of sp³-hybridized carbons (Fsp3) is 0.538. The molecule has 2 unspecified atom stereocenters. The van der Waals surface area contributed by atoms with Crippen LogP contribution in [0.25, 0.3) is 0 Å². The minimum absolute atomic E-state index is 0.201. The van der Waals surface area contributed by atoms with Crippen LogP contribution in [0.15, 0.2) is 35.2 Å².